The number of phenols is 1. The zero-order valence-electron chi connectivity index (χ0n) is 10.6. The molecule has 1 heteroatoms. The summed E-state index contributed by atoms with van der Waals surface area (Å²) in [5, 5.41) is 9.40. The lowest BCUT2D eigenvalue weighted by Crippen LogP contribution is -1.93. The molecule has 0 spiro atoms. The van der Waals surface area contributed by atoms with Gasteiger partial charge in [-0.1, -0.05) is 58.1 Å². The predicted octanol–water partition coefficient (Wildman–Crippen LogP) is 4.86. The second kappa shape index (κ2) is 7.32. The van der Waals surface area contributed by atoms with Gasteiger partial charge in [0.1, 0.15) is 5.75 Å². The van der Waals surface area contributed by atoms with Gasteiger partial charge in [0, 0.05) is 0 Å². The Morgan fingerprint density at radius 1 is 1.12 bits per heavy atom. The first kappa shape index (κ1) is 13.1. The summed E-state index contributed by atoms with van der Waals surface area (Å²) in [7, 11) is 0. The number of phenolic OH excluding ortho intramolecular Hbond substituents is 1. The van der Waals surface area contributed by atoms with E-state index in [0.717, 1.165) is 0 Å². The van der Waals surface area contributed by atoms with Gasteiger partial charge in [-0.25, -0.2) is 0 Å². The van der Waals surface area contributed by atoms with Crippen LogP contribution in [0.4, 0.5) is 0 Å². The first-order valence-electron chi connectivity index (χ1n) is 6.53. The molecule has 0 saturated carbocycles. The monoisotopic (exact) mass is 220 g/mol. The van der Waals surface area contributed by atoms with E-state index in [1.807, 2.05) is 12.1 Å². The molecule has 0 radical (unpaired) electrons. The molecule has 0 saturated heterocycles. The van der Waals surface area contributed by atoms with Crippen LogP contribution in [-0.2, 0) is 0 Å². The summed E-state index contributed by atoms with van der Waals surface area (Å²) in [6.45, 7) is 4.49. The SMILES string of the molecule is CCCCCCCC(C)c1cccc(O)c1. The smallest absolute Gasteiger partial charge is 0.115 e. The molecule has 0 aromatic heterocycles. The molecule has 0 heterocycles. The third kappa shape index (κ3) is 4.69. The molecular formula is C15H24O. The van der Waals surface area contributed by atoms with Gasteiger partial charge in [0.25, 0.3) is 0 Å². The van der Waals surface area contributed by atoms with Crippen LogP contribution < -0.4 is 0 Å². The number of rotatable bonds is 7. The van der Waals surface area contributed by atoms with Crippen molar-refractivity contribution in [2.45, 2.75) is 58.3 Å². The molecule has 90 valence electrons. The van der Waals surface area contributed by atoms with E-state index in [9.17, 15) is 5.11 Å². The summed E-state index contributed by atoms with van der Waals surface area (Å²) in [6.07, 6.45) is 7.91. The minimum atomic E-state index is 0.385. The van der Waals surface area contributed by atoms with Gasteiger partial charge in [-0.15, -0.1) is 0 Å². The molecule has 1 nitrogen and oxygen atoms in total. The van der Waals surface area contributed by atoms with Crippen LogP contribution in [0.5, 0.6) is 5.75 Å². The van der Waals surface area contributed by atoms with Crippen molar-refractivity contribution in [3.8, 4) is 5.75 Å². The summed E-state index contributed by atoms with van der Waals surface area (Å²) in [5.74, 6) is 0.948. The largest absolute Gasteiger partial charge is 0.508 e. The Hall–Kier alpha value is -0.980. The Morgan fingerprint density at radius 2 is 1.88 bits per heavy atom. The van der Waals surface area contributed by atoms with Gasteiger partial charge >= 0.3 is 0 Å². The van der Waals surface area contributed by atoms with Crippen LogP contribution in [0, 0.1) is 0 Å². The van der Waals surface area contributed by atoms with E-state index in [-0.39, 0.29) is 0 Å². The molecule has 0 bridgehead atoms. The molecule has 1 N–H and O–H groups in total. The Balaban J connectivity index is 2.27. The fraction of sp³-hybridized carbons (Fsp3) is 0.600. The Labute approximate surface area is 99.5 Å². The molecule has 0 aliphatic carbocycles. The highest BCUT2D eigenvalue weighted by Crippen LogP contribution is 2.24. The van der Waals surface area contributed by atoms with Crippen molar-refractivity contribution in [2.24, 2.45) is 0 Å². The zero-order chi connectivity index (χ0) is 11.8. The highest BCUT2D eigenvalue weighted by molar-refractivity contribution is 5.29. The molecule has 1 unspecified atom stereocenters. The highest BCUT2D eigenvalue weighted by atomic mass is 16.3. The lowest BCUT2D eigenvalue weighted by atomic mass is 9.94. The molecule has 1 atom stereocenters. The topological polar surface area (TPSA) is 20.2 Å². The van der Waals surface area contributed by atoms with Crippen LogP contribution >= 0.6 is 0 Å². The zero-order valence-corrected chi connectivity index (χ0v) is 10.6. The fourth-order valence-corrected chi connectivity index (χ4v) is 2.05. The van der Waals surface area contributed by atoms with Crippen molar-refractivity contribution in [3.63, 3.8) is 0 Å². The number of benzene rings is 1. The van der Waals surface area contributed by atoms with Crippen LogP contribution in [0.2, 0.25) is 0 Å². The summed E-state index contributed by atoms with van der Waals surface area (Å²) >= 11 is 0. The van der Waals surface area contributed by atoms with Crippen LogP contribution in [0.1, 0.15) is 63.9 Å². The van der Waals surface area contributed by atoms with Gasteiger partial charge in [-0.05, 0) is 30.0 Å². The lowest BCUT2D eigenvalue weighted by Gasteiger charge is -2.11. The highest BCUT2D eigenvalue weighted by Gasteiger charge is 2.05. The Bertz CT molecular complexity index is 293. The second-order valence-electron chi connectivity index (χ2n) is 4.70. The number of hydrogen-bond acceptors (Lipinski definition) is 1. The van der Waals surface area contributed by atoms with Crippen molar-refractivity contribution in [1.29, 1.82) is 0 Å². The molecule has 0 aliphatic heterocycles. The first-order valence-corrected chi connectivity index (χ1v) is 6.53. The van der Waals surface area contributed by atoms with E-state index < -0.39 is 0 Å². The standard InChI is InChI=1S/C15H24O/c1-3-4-5-6-7-9-13(2)14-10-8-11-15(16)12-14/h8,10-13,16H,3-7,9H2,1-2H3. The van der Waals surface area contributed by atoms with Gasteiger partial charge in [0.05, 0.1) is 0 Å². The normalized spacial score (nSPS) is 12.6. The van der Waals surface area contributed by atoms with E-state index in [1.54, 1.807) is 6.07 Å². The van der Waals surface area contributed by atoms with E-state index >= 15 is 0 Å². The van der Waals surface area contributed by atoms with E-state index in [2.05, 4.69) is 19.9 Å². The number of hydrogen-bond donors (Lipinski definition) is 1. The maximum atomic E-state index is 9.40. The van der Waals surface area contributed by atoms with Gasteiger partial charge in [-0.2, -0.15) is 0 Å². The van der Waals surface area contributed by atoms with Crippen molar-refractivity contribution < 1.29 is 5.11 Å². The van der Waals surface area contributed by atoms with Crippen molar-refractivity contribution in [3.05, 3.63) is 29.8 Å². The van der Waals surface area contributed by atoms with Gasteiger partial charge in [0.2, 0.25) is 0 Å². The van der Waals surface area contributed by atoms with E-state index in [0.29, 0.717) is 11.7 Å². The maximum Gasteiger partial charge on any atom is 0.115 e. The minimum Gasteiger partial charge on any atom is -0.508 e. The summed E-state index contributed by atoms with van der Waals surface area (Å²) < 4.78 is 0. The van der Waals surface area contributed by atoms with Crippen molar-refractivity contribution in [1.82, 2.24) is 0 Å². The van der Waals surface area contributed by atoms with Crippen LogP contribution in [-0.4, -0.2) is 5.11 Å². The van der Waals surface area contributed by atoms with Crippen LogP contribution in [0.3, 0.4) is 0 Å². The van der Waals surface area contributed by atoms with Gasteiger partial charge in [-0.3, -0.25) is 0 Å². The van der Waals surface area contributed by atoms with Crippen LogP contribution in [0.25, 0.3) is 0 Å². The maximum absolute atomic E-state index is 9.40. The molecule has 1 rings (SSSR count). The molecule has 1 aromatic carbocycles. The second-order valence-corrected chi connectivity index (χ2v) is 4.70. The lowest BCUT2D eigenvalue weighted by molar-refractivity contribution is 0.473. The average molecular weight is 220 g/mol. The first-order chi connectivity index (χ1) is 7.74. The summed E-state index contributed by atoms with van der Waals surface area (Å²) in [5.41, 5.74) is 1.26. The van der Waals surface area contributed by atoms with E-state index in [1.165, 1.54) is 44.1 Å². The third-order valence-corrected chi connectivity index (χ3v) is 3.18. The van der Waals surface area contributed by atoms with Gasteiger partial charge in [0.15, 0.2) is 0 Å². The predicted molar refractivity (Wildman–Crippen MR) is 69.9 cm³/mol. The quantitative estimate of drug-likeness (QED) is 0.651. The third-order valence-electron chi connectivity index (χ3n) is 3.18. The van der Waals surface area contributed by atoms with Crippen molar-refractivity contribution in [2.75, 3.05) is 0 Å². The Morgan fingerprint density at radius 3 is 2.56 bits per heavy atom. The Kier molecular flexibility index (Phi) is 5.99. The molecule has 0 aliphatic rings. The fourth-order valence-electron chi connectivity index (χ4n) is 2.05. The summed E-state index contributed by atoms with van der Waals surface area (Å²) in [4.78, 5) is 0. The minimum absolute atomic E-state index is 0.385. The molecule has 0 amide bonds. The molecule has 16 heavy (non-hydrogen) atoms. The van der Waals surface area contributed by atoms with Crippen LogP contribution in [0.15, 0.2) is 24.3 Å². The van der Waals surface area contributed by atoms with Gasteiger partial charge < -0.3 is 5.11 Å². The van der Waals surface area contributed by atoms with Crippen molar-refractivity contribution >= 4 is 0 Å². The molecule has 0 fully saturated rings. The average Bonchev–Trinajstić information content (AvgIpc) is 2.28. The molecular weight excluding hydrogens is 196 g/mol. The number of unbranched alkanes of at least 4 members (excludes halogenated alkanes) is 4. The number of aromatic hydroxyl groups is 1. The summed E-state index contributed by atoms with van der Waals surface area (Å²) in [6, 6.07) is 7.66. The molecule has 1 aromatic rings. The van der Waals surface area contributed by atoms with E-state index in [4.69, 9.17) is 0 Å².